The van der Waals surface area contributed by atoms with Gasteiger partial charge in [0.05, 0.1) is 19.3 Å². The third-order valence-corrected chi connectivity index (χ3v) is 7.35. The van der Waals surface area contributed by atoms with Gasteiger partial charge in [-0.05, 0) is 48.7 Å². The van der Waals surface area contributed by atoms with E-state index in [1.54, 1.807) is 0 Å². The van der Waals surface area contributed by atoms with E-state index in [0.29, 0.717) is 12.0 Å². The zero-order valence-corrected chi connectivity index (χ0v) is 18.1. The fourth-order valence-corrected chi connectivity index (χ4v) is 5.64. The van der Waals surface area contributed by atoms with Crippen LogP contribution in [0.5, 0.6) is 0 Å². The summed E-state index contributed by atoms with van der Waals surface area (Å²) in [4.78, 5) is 5.40. The summed E-state index contributed by atoms with van der Waals surface area (Å²) in [6.45, 7) is 8.72. The Morgan fingerprint density at radius 2 is 1.83 bits per heavy atom. The Morgan fingerprint density at radius 1 is 0.967 bits per heavy atom. The van der Waals surface area contributed by atoms with Crippen LogP contribution in [0.25, 0.3) is 10.8 Å². The second-order valence-corrected chi connectivity index (χ2v) is 9.22. The Bertz CT molecular complexity index is 816. The third kappa shape index (κ3) is 4.56. The minimum Gasteiger partial charge on any atom is -0.379 e. The number of hydrazine groups is 1. The van der Waals surface area contributed by atoms with Crippen molar-refractivity contribution in [2.75, 3.05) is 52.5 Å². The molecule has 3 saturated heterocycles. The molecular weight excluding hydrogens is 372 g/mol. The van der Waals surface area contributed by atoms with Gasteiger partial charge in [-0.15, -0.1) is 0 Å². The highest BCUT2D eigenvalue weighted by Gasteiger charge is 2.33. The van der Waals surface area contributed by atoms with Crippen molar-refractivity contribution in [3.05, 3.63) is 48.0 Å². The van der Waals surface area contributed by atoms with E-state index < -0.39 is 0 Å². The standard InChI is InChI=1S/C25H36N4O/c1-2-9-23-20(6-1)7-5-10-24(23)25-21(18-26-27-25)19-29-12-4-3-8-22(29)11-13-28-14-16-30-17-15-28/h1-2,5-7,9-10,21-22,25-27H,3-4,8,11-19H2. The molecule has 3 atom stereocenters. The first-order valence-corrected chi connectivity index (χ1v) is 11.9. The number of fused-ring (bicyclic) bond motifs is 1. The fourth-order valence-electron chi connectivity index (χ4n) is 5.64. The van der Waals surface area contributed by atoms with E-state index in [9.17, 15) is 0 Å². The van der Waals surface area contributed by atoms with Crippen molar-refractivity contribution in [1.82, 2.24) is 20.7 Å². The molecule has 3 aliphatic rings. The predicted octanol–water partition coefficient (Wildman–Crippen LogP) is 3.18. The predicted molar refractivity (Wildman–Crippen MR) is 122 cm³/mol. The van der Waals surface area contributed by atoms with E-state index in [1.165, 1.54) is 61.7 Å². The van der Waals surface area contributed by atoms with E-state index in [2.05, 4.69) is 63.1 Å². The van der Waals surface area contributed by atoms with Gasteiger partial charge in [-0.1, -0.05) is 48.9 Å². The molecule has 2 aromatic rings. The zero-order chi connectivity index (χ0) is 20.2. The van der Waals surface area contributed by atoms with E-state index in [4.69, 9.17) is 4.74 Å². The average molecular weight is 409 g/mol. The van der Waals surface area contributed by atoms with Gasteiger partial charge in [0, 0.05) is 38.1 Å². The number of rotatable bonds is 6. The molecule has 0 radical (unpaired) electrons. The molecule has 3 unspecified atom stereocenters. The monoisotopic (exact) mass is 408 g/mol. The summed E-state index contributed by atoms with van der Waals surface area (Å²) in [5.74, 6) is 0.597. The van der Waals surface area contributed by atoms with E-state index in [-0.39, 0.29) is 0 Å². The normalized spacial score (nSPS) is 28.9. The van der Waals surface area contributed by atoms with Crippen molar-refractivity contribution in [1.29, 1.82) is 0 Å². The van der Waals surface area contributed by atoms with Crippen LogP contribution in [-0.2, 0) is 4.74 Å². The molecule has 0 saturated carbocycles. The van der Waals surface area contributed by atoms with Crippen molar-refractivity contribution in [3.63, 3.8) is 0 Å². The highest BCUT2D eigenvalue weighted by Crippen LogP contribution is 2.33. The van der Waals surface area contributed by atoms with Crippen LogP contribution in [0, 0.1) is 5.92 Å². The van der Waals surface area contributed by atoms with Crippen LogP contribution in [0.2, 0.25) is 0 Å². The van der Waals surface area contributed by atoms with Crippen LogP contribution in [0.3, 0.4) is 0 Å². The minimum atomic E-state index is 0.373. The minimum absolute atomic E-state index is 0.373. The molecule has 5 heteroatoms. The fraction of sp³-hybridized carbons (Fsp3) is 0.600. The van der Waals surface area contributed by atoms with Crippen molar-refractivity contribution >= 4 is 10.8 Å². The Labute approximate surface area is 180 Å². The number of ether oxygens (including phenoxy) is 1. The number of nitrogens with one attached hydrogen (secondary N) is 2. The molecule has 2 aromatic carbocycles. The van der Waals surface area contributed by atoms with Gasteiger partial charge in [0.15, 0.2) is 0 Å². The highest BCUT2D eigenvalue weighted by atomic mass is 16.5. The summed E-state index contributed by atoms with van der Waals surface area (Å²) < 4.78 is 5.52. The van der Waals surface area contributed by atoms with Gasteiger partial charge in [-0.2, -0.15) is 0 Å². The molecule has 3 heterocycles. The lowest BCUT2D eigenvalue weighted by Crippen LogP contribution is -2.46. The van der Waals surface area contributed by atoms with Gasteiger partial charge in [-0.3, -0.25) is 15.2 Å². The quantitative estimate of drug-likeness (QED) is 0.768. The smallest absolute Gasteiger partial charge is 0.0594 e. The van der Waals surface area contributed by atoms with Crippen LogP contribution in [0.15, 0.2) is 42.5 Å². The van der Waals surface area contributed by atoms with Crippen LogP contribution >= 0.6 is 0 Å². The van der Waals surface area contributed by atoms with Gasteiger partial charge in [0.1, 0.15) is 0 Å². The lowest BCUT2D eigenvalue weighted by atomic mass is 9.89. The molecule has 3 fully saturated rings. The maximum atomic E-state index is 5.52. The van der Waals surface area contributed by atoms with Crippen LogP contribution in [-0.4, -0.2) is 68.3 Å². The van der Waals surface area contributed by atoms with Crippen molar-refractivity contribution < 1.29 is 4.74 Å². The van der Waals surface area contributed by atoms with Gasteiger partial charge in [0.25, 0.3) is 0 Å². The Kier molecular flexibility index (Phi) is 6.63. The maximum Gasteiger partial charge on any atom is 0.0594 e. The summed E-state index contributed by atoms with van der Waals surface area (Å²) in [6, 6.07) is 16.6. The van der Waals surface area contributed by atoms with Crippen LogP contribution in [0.4, 0.5) is 0 Å². The number of benzene rings is 2. The molecule has 0 spiro atoms. The van der Waals surface area contributed by atoms with Gasteiger partial charge in [0.2, 0.25) is 0 Å². The Morgan fingerprint density at radius 3 is 2.77 bits per heavy atom. The first-order chi connectivity index (χ1) is 14.9. The van der Waals surface area contributed by atoms with Crippen molar-refractivity contribution in [3.8, 4) is 0 Å². The first-order valence-electron chi connectivity index (χ1n) is 11.9. The number of morpholine rings is 1. The van der Waals surface area contributed by atoms with Crippen LogP contribution in [0.1, 0.15) is 37.3 Å². The van der Waals surface area contributed by atoms with Gasteiger partial charge in [-0.25, -0.2) is 5.43 Å². The largest absolute Gasteiger partial charge is 0.379 e. The lowest BCUT2D eigenvalue weighted by Gasteiger charge is -2.39. The highest BCUT2D eigenvalue weighted by molar-refractivity contribution is 5.86. The number of nitrogens with zero attached hydrogens (tertiary/aromatic N) is 2. The summed E-state index contributed by atoms with van der Waals surface area (Å²) in [5, 5.41) is 2.72. The molecule has 162 valence electrons. The summed E-state index contributed by atoms with van der Waals surface area (Å²) >= 11 is 0. The molecule has 5 nitrogen and oxygen atoms in total. The second kappa shape index (κ2) is 9.75. The average Bonchev–Trinajstić information content (AvgIpc) is 3.27. The first kappa shape index (κ1) is 20.4. The van der Waals surface area contributed by atoms with E-state index in [0.717, 1.165) is 38.9 Å². The molecule has 0 aromatic heterocycles. The molecule has 30 heavy (non-hydrogen) atoms. The maximum absolute atomic E-state index is 5.52. The number of hydrogen-bond donors (Lipinski definition) is 2. The van der Waals surface area contributed by atoms with Gasteiger partial charge >= 0.3 is 0 Å². The number of hydrogen-bond acceptors (Lipinski definition) is 5. The zero-order valence-electron chi connectivity index (χ0n) is 18.1. The lowest BCUT2D eigenvalue weighted by molar-refractivity contribution is 0.0296. The van der Waals surface area contributed by atoms with Crippen molar-refractivity contribution in [2.45, 2.75) is 37.8 Å². The Balaban J connectivity index is 1.27. The molecule has 0 amide bonds. The van der Waals surface area contributed by atoms with Crippen molar-refractivity contribution in [2.24, 2.45) is 5.92 Å². The topological polar surface area (TPSA) is 39.8 Å². The summed E-state index contributed by atoms with van der Waals surface area (Å²) in [7, 11) is 0. The molecule has 2 N–H and O–H groups in total. The van der Waals surface area contributed by atoms with Gasteiger partial charge < -0.3 is 4.74 Å². The summed E-state index contributed by atoms with van der Waals surface area (Å²) in [5.41, 5.74) is 8.51. The van der Waals surface area contributed by atoms with E-state index in [1.807, 2.05) is 0 Å². The molecule has 0 aliphatic carbocycles. The van der Waals surface area contributed by atoms with Crippen LogP contribution < -0.4 is 10.9 Å². The molecule has 3 aliphatic heterocycles. The molecule has 0 bridgehead atoms. The molecular formula is C25H36N4O. The number of piperidine rings is 1. The number of likely N-dealkylation sites (tertiary alicyclic amines) is 1. The Hall–Kier alpha value is -1.50. The van der Waals surface area contributed by atoms with E-state index >= 15 is 0 Å². The summed E-state index contributed by atoms with van der Waals surface area (Å²) in [6.07, 6.45) is 5.39. The molecule has 5 rings (SSSR count). The third-order valence-electron chi connectivity index (χ3n) is 7.35. The SMILES string of the molecule is c1ccc2c(C3NNCC3CN3CCCCC3CCN3CCOCC3)cccc2c1. The second-order valence-electron chi connectivity index (χ2n) is 9.22.